The van der Waals surface area contributed by atoms with E-state index in [2.05, 4.69) is 19.1 Å². The molecule has 0 aromatic heterocycles. The molecule has 0 amide bonds. The second-order valence-corrected chi connectivity index (χ2v) is 7.52. The standard InChI is InChI=1S/C21H28F2/c1-2-3-4-5-15-6-7-17-11-18(9-8-16(17)10-15)19-12-20(22)14-21(23)13-19/h4-5,12-18H,2-3,6-11H2,1H3. The fourth-order valence-electron chi connectivity index (χ4n) is 4.67. The van der Waals surface area contributed by atoms with Crippen LogP contribution in [-0.4, -0.2) is 0 Å². The van der Waals surface area contributed by atoms with Gasteiger partial charge in [-0.05, 0) is 86.3 Å². The molecule has 2 heteroatoms. The molecule has 1 aromatic carbocycles. The summed E-state index contributed by atoms with van der Waals surface area (Å²) in [5, 5.41) is 0. The van der Waals surface area contributed by atoms with Crippen LogP contribution in [0.5, 0.6) is 0 Å². The molecule has 0 saturated heterocycles. The van der Waals surface area contributed by atoms with Crippen molar-refractivity contribution in [2.24, 2.45) is 17.8 Å². The summed E-state index contributed by atoms with van der Waals surface area (Å²) in [4.78, 5) is 0. The number of hydrogen-bond donors (Lipinski definition) is 0. The maximum Gasteiger partial charge on any atom is 0.126 e. The van der Waals surface area contributed by atoms with E-state index in [0.29, 0.717) is 5.92 Å². The molecule has 0 aliphatic heterocycles. The summed E-state index contributed by atoms with van der Waals surface area (Å²) in [6.45, 7) is 2.22. The molecule has 3 rings (SSSR count). The van der Waals surface area contributed by atoms with Crippen molar-refractivity contribution in [1.29, 1.82) is 0 Å². The summed E-state index contributed by atoms with van der Waals surface area (Å²) < 4.78 is 26.9. The van der Waals surface area contributed by atoms with Gasteiger partial charge in [0.05, 0.1) is 0 Å². The Labute approximate surface area is 139 Å². The molecule has 0 spiro atoms. The van der Waals surface area contributed by atoms with E-state index >= 15 is 0 Å². The number of hydrogen-bond acceptors (Lipinski definition) is 0. The molecule has 4 unspecified atom stereocenters. The maximum atomic E-state index is 13.5. The van der Waals surface area contributed by atoms with Crippen LogP contribution in [-0.2, 0) is 0 Å². The first-order chi connectivity index (χ1) is 11.2. The van der Waals surface area contributed by atoms with E-state index in [0.717, 1.165) is 42.2 Å². The topological polar surface area (TPSA) is 0 Å². The first-order valence-electron chi connectivity index (χ1n) is 9.28. The number of fused-ring (bicyclic) bond motifs is 1. The summed E-state index contributed by atoms with van der Waals surface area (Å²) >= 11 is 0. The van der Waals surface area contributed by atoms with Gasteiger partial charge in [-0.15, -0.1) is 0 Å². The van der Waals surface area contributed by atoms with Gasteiger partial charge in [-0.3, -0.25) is 0 Å². The van der Waals surface area contributed by atoms with Crippen LogP contribution in [0, 0.1) is 29.4 Å². The Hall–Kier alpha value is -1.18. The fourth-order valence-corrected chi connectivity index (χ4v) is 4.67. The van der Waals surface area contributed by atoms with Crippen molar-refractivity contribution in [1.82, 2.24) is 0 Å². The van der Waals surface area contributed by atoms with Crippen molar-refractivity contribution in [2.75, 3.05) is 0 Å². The SMILES string of the molecule is CCCC=CC1CCC2CC(c3cc(F)cc(F)c3)CCC2C1. The smallest absolute Gasteiger partial charge is 0.126 e. The van der Waals surface area contributed by atoms with Crippen LogP contribution < -0.4 is 0 Å². The number of unbranched alkanes of at least 4 members (excludes halogenated alkanes) is 1. The first-order valence-corrected chi connectivity index (χ1v) is 9.28. The van der Waals surface area contributed by atoms with Gasteiger partial charge in [0.2, 0.25) is 0 Å². The molecule has 0 bridgehead atoms. The third-order valence-corrected chi connectivity index (χ3v) is 5.87. The molecule has 0 heterocycles. The van der Waals surface area contributed by atoms with Crippen LogP contribution >= 0.6 is 0 Å². The Morgan fingerprint density at radius 1 is 0.957 bits per heavy atom. The van der Waals surface area contributed by atoms with E-state index < -0.39 is 11.6 Å². The molecular weight excluding hydrogens is 290 g/mol. The predicted octanol–water partition coefficient (Wildman–Crippen LogP) is 6.62. The van der Waals surface area contributed by atoms with Gasteiger partial charge in [-0.25, -0.2) is 8.78 Å². The zero-order chi connectivity index (χ0) is 16.2. The van der Waals surface area contributed by atoms with Crippen molar-refractivity contribution < 1.29 is 8.78 Å². The second-order valence-electron chi connectivity index (χ2n) is 7.52. The molecule has 4 atom stereocenters. The minimum absolute atomic E-state index is 0.341. The molecule has 0 nitrogen and oxygen atoms in total. The lowest BCUT2D eigenvalue weighted by atomic mass is 9.64. The zero-order valence-electron chi connectivity index (χ0n) is 14.1. The Morgan fingerprint density at radius 2 is 1.65 bits per heavy atom. The van der Waals surface area contributed by atoms with Crippen molar-refractivity contribution in [3.05, 3.63) is 47.5 Å². The third kappa shape index (κ3) is 4.22. The van der Waals surface area contributed by atoms with Gasteiger partial charge < -0.3 is 0 Å². The Bertz CT molecular complexity index is 529. The summed E-state index contributed by atoms with van der Waals surface area (Å²) in [5.41, 5.74) is 0.867. The van der Waals surface area contributed by atoms with Crippen molar-refractivity contribution in [2.45, 2.75) is 64.2 Å². The summed E-state index contributed by atoms with van der Waals surface area (Å²) in [7, 11) is 0. The van der Waals surface area contributed by atoms with E-state index in [4.69, 9.17) is 0 Å². The molecule has 0 N–H and O–H groups in total. The normalized spacial score (nSPS) is 31.3. The minimum atomic E-state index is -0.438. The lowest BCUT2D eigenvalue weighted by Gasteiger charge is -2.41. The van der Waals surface area contributed by atoms with Gasteiger partial charge in [-0.2, -0.15) is 0 Å². The lowest BCUT2D eigenvalue weighted by Crippen LogP contribution is -2.30. The number of allylic oxidation sites excluding steroid dienone is 2. The van der Waals surface area contributed by atoms with E-state index in [1.807, 2.05) is 0 Å². The molecule has 2 saturated carbocycles. The predicted molar refractivity (Wildman–Crippen MR) is 91.3 cm³/mol. The van der Waals surface area contributed by atoms with Crippen molar-refractivity contribution >= 4 is 0 Å². The molecule has 0 radical (unpaired) electrons. The third-order valence-electron chi connectivity index (χ3n) is 5.87. The van der Waals surface area contributed by atoms with Crippen LogP contribution in [0.2, 0.25) is 0 Å². The molecule has 126 valence electrons. The van der Waals surface area contributed by atoms with E-state index in [1.165, 1.54) is 50.7 Å². The van der Waals surface area contributed by atoms with E-state index in [1.54, 1.807) is 0 Å². The van der Waals surface area contributed by atoms with Gasteiger partial charge in [0.1, 0.15) is 11.6 Å². The summed E-state index contributed by atoms with van der Waals surface area (Å²) in [5.74, 6) is 1.78. The second kappa shape index (κ2) is 7.59. The van der Waals surface area contributed by atoms with Gasteiger partial charge in [0.25, 0.3) is 0 Å². The Kier molecular flexibility index (Phi) is 5.50. The molecule has 2 fully saturated rings. The zero-order valence-corrected chi connectivity index (χ0v) is 14.1. The highest BCUT2D eigenvalue weighted by molar-refractivity contribution is 5.22. The van der Waals surface area contributed by atoms with Gasteiger partial charge in [0.15, 0.2) is 0 Å². The van der Waals surface area contributed by atoms with Crippen LogP contribution in [0.15, 0.2) is 30.4 Å². The molecular formula is C21H28F2. The van der Waals surface area contributed by atoms with Gasteiger partial charge in [0, 0.05) is 6.07 Å². The monoisotopic (exact) mass is 318 g/mol. The molecule has 2 aliphatic rings. The van der Waals surface area contributed by atoms with Crippen molar-refractivity contribution in [3.63, 3.8) is 0 Å². The van der Waals surface area contributed by atoms with Crippen LogP contribution in [0.25, 0.3) is 0 Å². The quantitative estimate of drug-likeness (QED) is 0.547. The first kappa shape index (κ1) is 16.7. The summed E-state index contributed by atoms with van der Waals surface area (Å²) in [6, 6.07) is 4.04. The molecule has 1 aromatic rings. The number of halogens is 2. The summed E-state index contributed by atoms with van der Waals surface area (Å²) in [6.07, 6.45) is 14.5. The average molecular weight is 318 g/mol. The maximum absolute atomic E-state index is 13.5. The Balaban J connectivity index is 1.60. The fraction of sp³-hybridized carbons (Fsp3) is 0.619. The Morgan fingerprint density at radius 3 is 2.39 bits per heavy atom. The largest absolute Gasteiger partial charge is 0.207 e. The highest BCUT2D eigenvalue weighted by atomic mass is 19.1. The van der Waals surface area contributed by atoms with Gasteiger partial charge >= 0.3 is 0 Å². The van der Waals surface area contributed by atoms with Crippen molar-refractivity contribution in [3.8, 4) is 0 Å². The number of rotatable bonds is 4. The van der Waals surface area contributed by atoms with Crippen LogP contribution in [0.3, 0.4) is 0 Å². The van der Waals surface area contributed by atoms with Crippen LogP contribution in [0.4, 0.5) is 8.78 Å². The molecule has 2 aliphatic carbocycles. The minimum Gasteiger partial charge on any atom is -0.207 e. The van der Waals surface area contributed by atoms with E-state index in [9.17, 15) is 8.78 Å². The lowest BCUT2D eigenvalue weighted by molar-refractivity contribution is 0.133. The molecule has 23 heavy (non-hydrogen) atoms. The highest BCUT2D eigenvalue weighted by Gasteiger charge is 2.35. The number of benzene rings is 1. The highest BCUT2D eigenvalue weighted by Crippen LogP contribution is 2.47. The van der Waals surface area contributed by atoms with E-state index in [-0.39, 0.29) is 0 Å². The van der Waals surface area contributed by atoms with Crippen LogP contribution in [0.1, 0.15) is 69.8 Å². The average Bonchev–Trinajstić information content (AvgIpc) is 2.53. The van der Waals surface area contributed by atoms with Gasteiger partial charge in [-0.1, -0.05) is 25.5 Å².